The molecule has 0 spiro atoms. The molecular formula is C32H21N3S. The Morgan fingerprint density at radius 1 is 0.556 bits per heavy atom. The summed E-state index contributed by atoms with van der Waals surface area (Å²) in [4.78, 5) is 1.21. The lowest BCUT2D eigenvalue weighted by atomic mass is 9.94. The second kappa shape index (κ2) is 8.59. The SMILES string of the molecule is c1ccc(-c2cc(-c3c(-c4ccccc4)cn4c3sc3ccccc34)c(-c3ccccc3)nn2)cc1. The number of hydrogen-bond donors (Lipinski definition) is 0. The van der Waals surface area contributed by atoms with Gasteiger partial charge in [-0.2, -0.15) is 0 Å². The van der Waals surface area contributed by atoms with Crippen molar-refractivity contribution in [2.45, 2.75) is 0 Å². The summed E-state index contributed by atoms with van der Waals surface area (Å²) in [6.07, 6.45) is 2.27. The van der Waals surface area contributed by atoms with E-state index >= 15 is 0 Å². The molecule has 0 radical (unpaired) electrons. The maximum atomic E-state index is 4.82. The molecule has 0 aliphatic carbocycles. The molecule has 0 atom stereocenters. The predicted octanol–water partition coefficient (Wildman–Crippen LogP) is 8.61. The van der Waals surface area contributed by atoms with E-state index in [0.29, 0.717) is 0 Å². The number of fused-ring (bicyclic) bond motifs is 3. The van der Waals surface area contributed by atoms with E-state index in [1.165, 1.54) is 31.7 Å². The molecule has 0 aliphatic rings. The molecule has 36 heavy (non-hydrogen) atoms. The maximum absolute atomic E-state index is 4.82. The second-order valence-electron chi connectivity index (χ2n) is 8.75. The molecule has 0 saturated heterocycles. The first-order valence-corrected chi connectivity index (χ1v) is 12.8. The van der Waals surface area contributed by atoms with Gasteiger partial charge in [0.05, 0.1) is 15.9 Å². The van der Waals surface area contributed by atoms with E-state index in [1.807, 2.05) is 35.6 Å². The molecule has 4 aromatic carbocycles. The van der Waals surface area contributed by atoms with E-state index in [-0.39, 0.29) is 0 Å². The van der Waals surface area contributed by atoms with Crippen LogP contribution in [-0.4, -0.2) is 14.6 Å². The predicted molar refractivity (Wildman–Crippen MR) is 150 cm³/mol. The van der Waals surface area contributed by atoms with Crippen molar-refractivity contribution in [1.82, 2.24) is 14.6 Å². The Kier molecular flexibility index (Phi) is 4.97. The third-order valence-electron chi connectivity index (χ3n) is 6.56. The van der Waals surface area contributed by atoms with Gasteiger partial charge in [0.15, 0.2) is 0 Å². The van der Waals surface area contributed by atoms with E-state index in [1.54, 1.807) is 0 Å². The van der Waals surface area contributed by atoms with Gasteiger partial charge in [-0.3, -0.25) is 0 Å². The molecule has 0 amide bonds. The molecule has 0 saturated carbocycles. The molecule has 7 aromatic rings. The Morgan fingerprint density at radius 2 is 1.17 bits per heavy atom. The summed E-state index contributed by atoms with van der Waals surface area (Å²) in [5, 5.41) is 9.49. The lowest BCUT2D eigenvalue weighted by Gasteiger charge is -2.12. The Labute approximate surface area is 213 Å². The molecule has 3 aromatic heterocycles. The van der Waals surface area contributed by atoms with Gasteiger partial charge in [-0.15, -0.1) is 21.5 Å². The van der Waals surface area contributed by atoms with Crippen molar-refractivity contribution in [3.63, 3.8) is 0 Å². The van der Waals surface area contributed by atoms with Crippen LogP contribution in [0.2, 0.25) is 0 Å². The van der Waals surface area contributed by atoms with Gasteiger partial charge >= 0.3 is 0 Å². The zero-order valence-corrected chi connectivity index (χ0v) is 20.2. The number of benzene rings is 4. The minimum atomic E-state index is 0.866. The van der Waals surface area contributed by atoms with Crippen LogP contribution in [0.25, 0.3) is 59.8 Å². The number of nitrogens with zero attached hydrogens (tertiary/aromatic N) is 3. The fraction of sp³-hybridized carbons (Fsp3) is 0. The third-order valence-corrected chi connectivity index (χ3v) is 7.72. The highest BCUT2D eigenvalue weighted by molar-refractivity contribution is 7.24. The average Bonchev–Trinajstić information content (AvgIpc) is 3.50. The number of rotatable bonds is 4. The number of hydrogen-bond acceptors (Lipinski definition) is 3. The molecule has 7 rings (SSSR count). The first-order valence-electron chi connectivity index (χ1n) is 11.9. The fourth-order valence-corrected chi connectivity index (χ4v) is 6.05. The van der Waals surface area contributed by atoms with Gasteiger partial charge in [0.1, 0.15) is 10.5 Å². The van der Waals surface area contributed by atoms with Crippen molar-refractivity contribution in [1.29, 1.82) is 0 Å². The van der Waals surface area contributed by atoms with Gasteiger partial charge in [-0.1, -0.05) is 103 Å². The molecule has 4 heteroatoms. The number of para-hydroxylation sites is 1. The van der Waals surface area contributed by atoms with Crippen LogP contribution < -0.4 is 0 Å². The van der Waals surface area contributed by atoms with Gasteiger partial charge < -0.3 is 4.40 Å². The van der Waals surface area contributed by atoms with Crippen molar-refractivity contribution in [3.8, 4) is 44.8 Å². The van der Waals surface area contributed by atoms with E-state index in [4.69, 9.17) is 5.10 Å². The number of aromatic nitrogens is 3. The van der Waals surface area contributed by atoms with Crippen molar-refractivity contribution in [2.24, 2.45) is 0 Å². The molecule has 170 valence electrons. The van der Waals surface area contributed by atoms with Crippen LogP contribution in [0.5, 0.6) is 0 Å². The van der Waals surface area contributed by atoms with E-state index < -0.39 is 0 Å². The molecule has 3 heterocycles. The number of thiazole rings is 1. The van der Waals surface area contributed by atoms with Crippen LogP contribution in [0.15, 0.2) is 128 Å². The minimum Gasteiger partial charge on any atom is -0.306 e. The summed E-state index contributed by atoms with van der Waals surface area (Å²) < 4.78 is 3.59. The Hall–Kier alpha value is -4.54. The molecule has 0 N–H and O–H groups in total. The Bertz CT molecular complexity index is 1820. The summed E-state index contributed by atoms with van der Waals surface area (Å²) in [6.45, 7) is 0. The van der Waals surface area contributed by atoms with E-state index in [9.17, 15) is 0 Å². The monoisotopic (exact) mass is 479 g/mol. The highest BCUT2D eigenvalue weighted by Crippen LogP contribution is 2.45. The van der Waals surface area contributed by atoms with Crippen molar-refractivity contribution >= 4 is 26.4 Å². The first kappa shape index (κ1) is 20.8. The largest absolute Gasteiger partial charge is 0.306 e. The summed E-state index contributed by atoms with van der Waals surface area (Å²) in [5.74, 6) is 0. The van der Waals surface area contributed by atoms with E-state index in [2.05, 4.69) is 113 Å². The average molecular weight is 480 g/mol. The maximum Gasteiger partial charge on any atom is 0.109 e. The highest BCUT2D eigenvalue weighted by atomic mass is 32.1. The second-order valence-corrected chi connectivity index (χ2v) is 9.78. The molecule has 3 nitrogen and oxygen atoms in total. The molecule has 0 unspecified atom stereocenters. The molecule has 0 bridgehead atoms. The van der Waals surface area contributed by atoms with Gasteiger partial charge in [0.25, 0.3) is 0 Å². The molecule has 0 fully saturated rings. The zero-order chi connectivity index (χ0) is 23.9. The molecular weight excluding hydrogens is 458 g/mol. The van der Waals surface area contributed by atoms with Crippen LogP contribution in [0.4, 0.5) is 0 Å². The summed E-state index contributed by atoms with van der Waals surface area (Å²) in [6, 6.07) is 42.1. The van der Waals surface area contributed by atoms with Gasteiger partial charge in [0.2, 0.25) is 0 Å². The van der Waals surface area contributed by atoms with Crippen molar-refractivity contribution in [2.75, 3.05) is 0 Å². The van der Waals surface area contributed by atoms with Crippen LogP contribution in [-0.2, 0) is 0 Å². The lowest BCUT2D eigenvalue weighted by Crippen LogP contribution is -1.96. The minimum absolute atomic E-state index is 0.866. The topological polar surface area (TPSA) is 30.2 Å². The Morgan fingerprint density at radius 3 is 1.89 bits per heavy atom. The smallest absolute Gasteiger partial charge is 0.109 e. The van der Waals surface area contributed by atoms with Crippen LogP contribution in [0.1, 0.15) is 0 Å². The third kappa shape index (κ3) is 3.43. The molecule has 0 aliphatic heterocycles. The fourth-order valence-electron chi connectivity index (χ4n) is 4.85. The van der Waals surface area contributed by atoms with Gasteiger partial charge in [-0.05, 0) is 23.8 Å². The van der Waals surface area contributed by atoms with Crippen LogP contribution in [0, 0.1) is 0 Å². The quantitative estimate of drug-likeness (QED) is 0.253. The normalized spacial score (nSPS) is 11.3. The Balaban J connectivity index is 1.60. The summed E-state index contributed by atoms with van der Waals surface area (Å²) in [7, 11) is 0. The summed E-state index contributed by atoms with van der Waals surface area (Å²) in [5.41, 5.74) is 9.73. The standard InChI is InChI=1S/C32H21N3S/c1-4-12-22(13-5-1)26-21-35-28-18-10-11-19-29(28)36-32(35)30(26)25-20-27(23-14-6-2-7-15-23)33-34-31(25)24-16-8-3-9-17-24/h1-21H. The first-order chi connectivity index (χ1) is 17.9. The van der Waals surface area contributed by atoms with E-state index in [0.717, 1.165) is 28.1 Å². The highest BCUT2D eigenvalue weighted by Gasteiger charge is 2.22. The van der Waals surface area contributed by atoms with Gasteiger partial charge in [-0.25, -0.2) is 0 Å². The zero-order valence-electron chi connectivity index (χ0n) is 19.4. The van der Waals surface area contributed by atoms with Crippen LogP contribution in [0.3, 0.4) is 0 Å². The van der Waals surface area contributed by atoms with Crippen molar-refractivity contribution in [3.05, 3.63) is 128 Å². The lowest BCUT2D eigenvalue weighted by molar-refractivity contribution is 1.05. The van der Waals surface area contributed by atoms with Crippen LogP contribution >= 0.6 is 11.3 Å². The van der Waals surface area contributed by atoms with Crippen molar-refractivity contribution < 1.29 is 0 Å². The van der Waals surface area contributed by atoms with Gasteiger partial charge in [0, 0.05) is 34.0 Å². The summed E-state index contributed by atoms with van der Waals surface area (Å²) >= 11 is 1.82.